The fourth-order valence-electron chi connectivity index (χ4n) is 3.34. The van der Waals surface area contributed by atoms with Crippen LogP contribution in [0.5, 0.6) is 0 Å². The zero-order chi connectivity index (χ0) is 22.2. The summed E-state index contributed by atoms with van der Waals surface area (Å²) in [6.07, 6.45) is 1.46. The normalized spacial score (nSPS) is 11.2. The lowest BCUT2D eigenvalue weighted by molar-refractivity contribution is -0.169. The van der Waals surface area contributed by atoms with Gasteiger partial charge in [-0.1, -0.05) is 42.5 Å². The number of benzene rings is 2. The number of hydrogen-bond donors (Lipinski definition) is 3. The summed E-state index contributed by atoms with van der Waals surface area (Å²) in [4.78, 5) is 25.4. The molecule has 31 heavy (non-hydrogen) atoms. The van der Waals surface area contributed by atoms with E-state index in [1.807, 2.05) is 35.1 Å². The fourth-order valence-corrected chi connectivity index (χ4v) is 3.77. The Morgan fingerprint density at radius 3 is 1.97 bits per heavy atom. The van der Waals surface area contributed by atoms with Gasteiger partial charge in [-0.15, -0.1) is 0 Å². The Kier molecular flexibility index (Phi) is 9.63. The van der Waals surface area contributed by atoms with Crippen LogP contribution < -0.4 is 10.9 Å². The van der Waals surface area contributed by atoms with Crippen LogP contribution in [0.1, 0.15) is 24.0 Å². The summed E-state index contributed by atoms with van der Waals surface area (Å²) in [7, 11) is -1.96. The van der Waals surface area contributed by atoms with Crippen molar-refractivity contribution in [3.05, 3.63) is 65.7 Å². The molecule has 0 atom stereocenters. The van der Waals surface area contributed by atoms with Gasteiger partial charge in [-0.3, -0.25) is 18.9 Å². The first-order valence-corrected chi connectivity index (χ1v) is 10.7. The first-order valence-electron chi connectivity index (χ1n) is 9.25. The van der Waals surface area contributed by atoms with E-state index in [1.54, 1.807) is 12.1 Å². The third-order valence-electron chi connectivity index (χ3n) is 4.77. The molecule has 9 nitrogen and oxygen atoms in total. The number of anilines is 1. The molecule has 2 aromatic rings. The first-order chi connectivity index (χ1) is 14.2. The van der Waals surface area contributed by atoms with Gasteiger partial charge < -0.3 is 15.6 Å². The SMILES string of the molecule is COC(=O)C(CCCc1ccccc1)(Cc1ccc(NS(=O)(=O)O)cc1)C(=O)OC.N. The molecule has 0 aliphatic heterocycles. The Morgan fingerprint density at radius 2 is 1.48 bits per heavy atom. The third kappa shape index (κ3) is 7.35. The maximum Gasteiger partial charge on any atom is 0.357 e. The zero-order valence-electron chi connectivity index (χ0n) is 17.5. The summed E-state index contributed by atoms with van der Waals surface area (Å²) in [6, 6.07) is 15.7. The highest BCUT2D eigenvalue weighted by Gasteiger charge is 2.47. The summed E-state index contributed by atoms with van der Waals surface area (Å²) >= 11 is 0. The van der Waals surface area contributed by atoms with Crippen LogP contribution in [0.3, 0.4) is 0 Å². The lowest BCUT2D eigenvalue weighted by Crippen LogP contribution is -2.43. The van der Waals surface area contributed by atoms with Crippen LogP contribution in [0, 0.1) is 5.41 Å². The van der Waals surface area contributed by atoms with Gasteiger partial charge in [-0.2, -0.15) is 8.42 Å². The molecule has 0 amide bonds. The van der Waals surface area contributed by atoms with E-state index < -0.39 is 27.7 Å². The van der Waals surface area contributed by atoms with E-state index in [2.05, 4.69) is 0 Å². The lowest BCUT2D eigenvalue weighted by atomic mass is 9.77. The highest BCUT2D eigenvalue weighted by atomic mass is 32.2. The van der Waals surface area contributed by atoms with E-state index >= 15 is 0 Å². The maximum atomic E-state index is 12.7. The smallest absolute Gasteiger partial charge is 0.357 e. The van der Waals surface area contributed by atoms with Crippen molar-refractivity contribution >= 4 is 27.9 Å². The van der Waals surface area contributed by atoms with Crippen molar-refractivity contribution in [3.8, 4) is 0 Å². The Hall–Kier alpha value is -2.95. The monoisotopic (exact) mass is 452 g/mol. The van der Waals surface area contributed by atoms with Gasteiger partial charge in [0, 0.05) is 0 Å². The average molecular weight is 453 g/mol. The van der Waals surface area contributed by atoms with Crippen molar-refractivity contribution < 1.29 is 32.0 Å². The zero-order valence-corrected chi connectivity index (χ0v) is 18.4. The molecular weight excluding hydrogens is 424 g/mol. The minimum absolute atomic E-state index is 0. The minimum atomic E-state index is -4.40. The van der Waals surface area contributed by atoms with Crippen molar-refractivity contribution in [2.45, 2.75) is 25.7 Å². The highest BCUT2D eigenvalue weighted by Crippen LogP contribution is 2.33. The molecule has 2 aromatic carbocycles. The summed E-state index contributed by atoms with van der Waals surface area (Å²) in [6.45, 7) is 0. The van der Waals surface area contributed by atoms with Crippen molar-refractivity contribution in [2.24, 2.45) is 5.41 Å². The van der Waals surface area contributed by atoms with E-state index in [0.717, 1.165) is 5.56 Å². The molecule has 2 rings (SSSR count). The number of hydrogen-bond acceptors (Lipinski definition) is 7. The number of esters is 2. The van der Waals surface area contributed by atoms with Gasteiger partial charge in [-0.25, -0.2) is 0 Å². The minimum Gasteiger partial charge on any atom is -0.468 e. The summed E-state index contributed by atoms with van der Waals surface area (Å²) in [5, 5.41) is 0. The quantitative estimate of drug-likeness (QED) is 0.282. The van der Waals surface area contributed by atoms with E-state index in [9.17, 15) is 18.0 Å². The predicted molar refractivity (Wildman–Crippen MR) is 116 cm³/mol. The molecule has 0 saturated heterocycles. The highest BCUT2D eigenvalue weighted by molar-refractivity contribution is 7.87. The number of aryl methyl sites for hydroxylation is 1. The molecule has 0 aliphatic carbocycles. The average Bonchev–Trinajstić information content (AvgIpc) is 2.72. The molecule has 0 bridgehead atoms. The maximum absolute atomic E-state index is 12.7. The standard InChI is InChI=1S/C21H25NO7S.H3N/c1-28-19(23)21(20(24)29-2,14-6-9-16-7-4-3-5-8-16)15-17-10-12-18(13-11-17)22-30(25,26)27;/h3-5,7-8,10-13,22H,6,9,14-15H2,1-2H3,(H,25,26,27);1H3. The van der Waals surface area contributed by atoms with Crippen LogP contribution in [0.2, 0.25) is 0 Å². The van der Waals surface area contributed by atoms with Gasteiger partial charge in [0.25, 0.3) is 0 Å². The third-order valence-corrected chi connectivity index (χ3v) is 5.26. The molecule has 0 aliphatic rings. The number of ether oxygens (including phenoxy) is 2. The van der Waals surface area contributed by atoms with Crippen LogP contribution in [-0.4, -0.2) is 39.1 Å². The molecule has 0 aromatic heterocycles. The lowest BCUT2D eigenvalue weighted by Gasteiger charge is -2.28. The van der Waals surface area contributed by atoms with Gasteiger partial charge in [0.1, 0.15) is 0 Å². The van der Waals surface area contributed by atoms with Gasteiger partial charge >= 0.3 is 22.2 Å². The second-order valence-electron chi connectivity index (χ2n) is 6.86. The van der Waals surface area contributed by atoms with Gasteiger partial charge in [-0.05, 0) is 48.9 Å². The van der Waals surface area contributed by atoms with E-state index in [1.165, 1.54) is 26.4 Å². The summed E-state index contributed by atoms with van der Waals surface area (Å²) in [5.41, 5.74) is 0.302. The van der Waals surface area contributed by atoms with E-state index in [-0.39, 0.29) is 24.7 Å². The molecular formula is C21H28N2O7S. The molecule has 5 N–H and O–H groups in total. The molecule has 0 fully saturated rings. The number of rotatable bonds is 10. The van der Waals surface area contributed by atoms with Crippen LogP contribution in [0.25, 0.3) is 0 Å². The number of nitrogens with one attached hydrogen (secondary N) is 1. The van der Waals surface area contributed by atoms with Gasteiger partial charge in [0.15, 0.2) is 5.41 Å². The van der Waals surface area contributed by atoms with E-state index in [0.29, 0.717) is 18.4 Å². The second kappa shape index (κ2) is 11.4. The van der Waals surface area contributed by atoms with E-state index in [4.69, 9.17) is 14.0 Å². The molecule has 0 spiro atoms. The summed E-state index contributed by atoms with van der Waals surface area (Å²) in [5.74, 6) is -1.38. The Bertz CT molecular complexity index is 945. The van der Waals surface area contributed by atoms with Crippen molar-refractivity contribution in [1.29, 1.82) is 0 Å². The van der Waals surface area contributed by atoms with Crippen molar-refractivity contribution in [1.82, 2.24) is 6.15 Å². The molecule has 10 heteroatoms. The number of methoxy groups -OCH3 is 2. The fraction of sp³-hybridized carbons (Fsp3) is 0.333. The van der Waals surface area contributed by atoms with Crippen molar-refractivity contribution in [3.63, 3.8) is 0 Å². The summed E-state index contributed by atoms with van der Waals surface area (Å²) < 4.78 is 42.5. The second-order valence-corrected chi connectivity index (χ2v) is 8.01. The largest absolute Gasteiger partial charge is 0.468 e. The molecule has 170 valence electrons. The Balaban J connectivity index is 0.00000480. The van der Waals surface area contributed by atoms with Crippen LogP contribution in [0.15, 0.2) is 54.6 Å². The Morgan fingerprint density at radius 1 is 0.935 bits per heavy atom. The molecule has 0 unspecified atom stereocenters. The van der Waals surface area contributed by atoms with Crippen LogP contribution in [-0.2, 0) is 42.2 Å². The van der Waals surface area contributed by atoms with Crippen LogP contribution in [0.4, 0.5) is 5.69 Å². The van der Waals surface area contributed by atoms with Gasteiger partial charge in [0.05, 0.1) is 19.9 Å². The molecule has 0 heterocycles. The van der Waals surface area contributed by atoms with Gasteiger partial charge in [0.2, 0.25) is 0 Å². The van der Waals surface area contributed by atoms with Crippen LogP contribution >= 0.6 is 0 Å². The number of carbonyl (C=O) groups is 2. The number of carbonyl (C=O) groups excluding carboxylic acids is 2. The first kappa shape index (κ1) is 26.1. The Labute approximate surface area is 182 Å². The molecule has 0 saturated carbocycles. The van der Waals surface area contributed by atoms with Crippen molar-refractivity contribution in [2.75, 3.05) is 18.9 Å². The predicted octanol–water partition coefficient (Wildman–Crippen LogP) is 2.96. The topological polar surface area (TPSA) is 154 Å². The molecule has 0 radical (unpaired) electrons.